The summed E-state index contributed by atoms with van der Waals surface area (Å²) in [6.45, 7) is 0.612. The van der Waals surface area contributed by atoms with Crippen LogP contribution in [-0.2, 0) is 20.7 Å². The van der Waals surface area contributed by atoms with Gasteiger partial charge in [0.05, 0.1) is 30.7 Å². The Labute approximate surface area is 194 Å². The molecule has 2 heterocycles. The van der Waals surface area contributed by atoms with Crippen molar-refractivity contribution in [3.05, 3.63) is 48.3 Å². The molecule has 0 fully saturated rings. The van der Waals surface area contributed by atoms with Crippen molar-refractivity contribution in [2.24, 2.45) is 5.73 Å². The number of alkyl halides is 1. The molecule has 180 valence electrons. The van der Waals surface area contributed by atoms with Gasteiger partial charge in [-0.25, -0.2) is 14.4 Å². The standard InChI is InChI=1S/C23H24FN3O7/c24-21-12-33-20-11-18-16(10-19(20)31-7-5-30-6-8-32-21)22(27-13-26-18)34-15-3-1-14(2-4-15)9-17(25)23(28)29/h1-4,10-11,13,17,21H,5-9,12,25H2,(H,28,29)/t17-,21?/m0/s1. The van der Waals surface area contributed by atoms with Crippen molar-refractivity contribution in [3.8, 4) is 23.1 Å². The summed E-state index contributed by atoms with van der Waals surface area (Å²) >= 11 is 0. The zero-order valence-electron chi connectivity index (χ0n) is 18.2. The van der Waals surface area contributed by atoms with Crippen LogP contribution in [0.1, 0.15) is 5.56 Å². The number of aliphatic carboxylic acids is 1. The summed E-state index contributed by atoms with van der Waals surface area (Å²) < 4.78 is 41.6. The number of carboxylic acid groups (broad SMARTS) is 1. The van der Waals surface area contributed by atoms with E-state index in [1.165, 1.54) is 6.33 Å². The second-order valence-corrected chi connectivity index (χ2v) is 7.44. The van der Waals surface area contributed by atoms with E-state index in [0.717, 1.165) is 5.56 Å². The highest BCUT2D eigenvalue weighted by Gasteiger charge is 2.17. The van der Waals surface area contributed by atoms with Crippen LogP contribution in [0, 0.1) is 0 Å². The second kappa shape index (κ2) is 11.1. The predicted octanol–water partition coefficient (Wildman–Crippen LogP) is 2.48. The molecule has 4 rings (SSSR count). The molecule has 0 spiro atoms. The van der Waals surface area contributed by atoms with E-state index in [4.69, 9.17) is 34.5 Å². The first-order valence-corrected chi connectivity index (χ1v) is 10.6. The van der Waals surface area contributed by atoms with Gasteiger partial charge in [0.1, 0.15) is 31.3 Å². The fraction of sp³-hybridized carbons (Fsp3) is 0.348. The first-order chi connectivity index (χ1) is 16.5. The van der Waals surface area contributed by atoms with Crippen LogP contribution in [0.5, 0.6) is 23.1 Å². The van der Waals surface area contributed by atoms with Crippen LogP contribution in [0.4, 0.5) is 4.39 Å². The number of nitrogens with zero attached hydrogens (tertiary/aromatic N) is 2. The van der Waals surface area contributed by atoms with E-state index < -0.39 is 18.4 Å². The zero-order valence-corrected chi connectivity index (χ0v) is 18.2. The topological polar surface area (TPSA) is 135 Å². The second-order valence-electron chi connectivity index (χ2n) is 7.44. The first-order valence-electron chi connectivity index (χ1n) is 10.6. The van der Waals surface area contributed by atoms with Crippen LogP contribution in [-0.4, -0.2) is 66.5 Å². The van der Waals surface area contributed by atoms with Crippen LogP contribution in [0.3, 0.4) is 0 Å². The maximum Gasteiger partial charge on any atom is 0.320 e. The number of hydrogen-bond acceptors (Lipinski definition) is 9. The normalized spacial score (nSPS) is 17.9. The summed E-state index contributed by atoms with van der Waals surface area (Å²) in [7, 11) is 0. The summed E-state index contributed by atoms with van der Waals surface area (Å²) in [5, 5.41) is 9.52. The Hall–Kier alpha value is -3.54. The molecule has 10 nitrogen and oxygen atoms in total. The third kappa shape index (κ3) is 6.07. The molecule has 2 atom stereocenters. The number of ether oxygens (including phenoxy) is 5. The van der Waals surface area contributed by atoms with E-state index in [0.29, 0.717) is 34.8 Å². The van der Waals surface area contributed by atoms with Crippen molar-refractivity contribution >= 4 is 16.9 Å². The molecule has 11 heteroatoms. The number of carbonyl (C=O) groups is 1. The quantitative estimate of drug-likeness (QED) is 0.569. The van der Waals surface area contributed by atoms with Crippen LogP contribution in [0.2, 0.25) is 0 Å². The summed E-state index contributed by atoms with van der Waals surface area (Å²) in [6, 6.07) is 9.18. The van der Waals surface area contributed by atoms with E-state index >= 15 is 0 Å². The molecule has 0 bridgehead atoms. The Morgan fingerprint density at radius 1 is 1.12 bits per heavy atom. The molecule has 0 amide bonds. The predicted molar refractivity (Wildman–Crippen MR) is 118 cm³/mol. The fourth-order valence-corrected chi connectivity index (χ4v) is 3.24. The van der Waals surface area contributed by atoms with Gasteiger partial charge in [-0.15, -0.1) is 0 Å². The van der Waals surface area contributed by atoms with Crippen molar-refractivity contribution in [2.75, 3.05) is 33.0 Å². The molecular weight excluding hydrogens is 449 g/mol. The van der Waals surface area contributed by atoms with Crippen LogP contribution in [0.25, 0.3) is 10.9 Å². The Morgan fingerprint density at radius 2 is 1.88 bits per heavy atom. The molecule has 2 aromatic carbocycles. The van der Waals surface area contributed by atoms with Crippen molar-refractivity contribution in [3.63, 3.8) is 0 Å². The fourth-order valence-electron chi connectivity index (χ4n) is 3.24. The minimum atomic E-state index is -1.61. The molecule has 1 aliphatic heterocycles. The number of rotatable bonds is 5. The number of nitrogens with two attached hydrogens (primary N) is 1. The van der Waals surface area contributed by atoms with Gasteiger partial charge in [-0.1, -0.05) is 12.1 Å². The van der Waals surface area contributed by atoms with Gasteiger partial charge in [-0.2, -0.15) is 0 Å². The molecule has 1 unspecified atom stereocenters. The molecule has 3 aromatic rings. The smallest absolute Gasteiger partial charge is 0.320 e. The minimum absolute atomic E-state index is 0.121. The Balaban J connectivity index is 1.57. The Bertz CT molecular complexity index is 1130. The molecule has 34 heavy (non-hydrogen) atoms. The lowest BCUT2D eigenvalue weighted by Crippen LogP contribution is -2.32. The summed E-state index contributed by atoms with van der Waals surface area (Å²) in [5.41, 5.74) is 6.86. The van der Waals surface area contributed by atoms with Gasteiger partial charge in [0, 0.05) is 6.07 Å². The summed E-state index contributed by atoms with van der Waals surface area (Å²) in [4.78, 5) is 19.4. The molecule has 0 aliphatic carbocycles. The van der Waals surface area contributed by atoms with Gasteiger partial charge in [0.2, 0.25) is 12.2 Å². The number of benzene rings is 2. The maximum atomic E-state index is 13.9. The number of halogens is 1. The largest absolute Gasteiger partial charge is 0.487 e. The highest BCUT2D eigenvalue weighted by atomic mass is 19.1. The SMILES string of the molecule is N[C@@H](Cc1ccc(Oc2ncnc3cc4c(cc23)OCCOCCOC(F)CO4)cc1)C(=O)O. The van der Waals surface area contributed by atoms with Gasteiger partial charge < -0.3 is 34.5 Å². The van der Waals surface area contributed by atoms with Crippen molar-refractivity contribution < 1.29 is 38.0 Å². The minimum Gasteiger partial charge on any atom is -0.487 e. The number of carboxylic acids is 1. The molecule has 0 saturated carbocycles. The van der Waals surface area contributed by atoms with Gasteiger partial charge in [-0.3, -0.25) is 4.79 Å². The monoisotopic (exact) mass is 473 g/mol. The van der Waals surface area contributed by atoms with Crippen molar-refractivity contribution in [1.82, 2.24) is 9.97 Å². The van der Waals surface area contributed by atoms with Crippen LogP contribution < -0.4 is 19.9 Å². The number of fused-ring (bicyclic) bond motifs is 2. The van der Waals surface area contributed by atoms with Crippen LogP contribution in [0.15, 0.2) is 42.7 Å². The average molecular weight is 473 g/mol. The number of aromatic nitrogens is 2. The van der Waals surface area contributed by atoms with Gasteiger partial charge in [0.15, 0.2) is 11.5 Å². The van der Waals surface area contributed by atoms with Crippen molar-refractivity contribution in [1.29, 1.82) is 0 Å². The lowest BCUT2D eigenvalue weighted by atomic mass is 10.1. The molecule has 0 saturated heterocycles. The highest BCUT2D eigenvalue weighted by Crippen LogP contribution is 2.36. The van der Waals surface area contributed by atoms with Gasteiger partial charge in [-0.05, 0) is 30.2 Å². The molecule has 0 radical (unpaired) electrons. The van der Waals surface area contributed by atoms with Crippen LogP contribution >= 0.6 is 0 Å². The maximum absolute atomic E-state index is 13.9. The third-order valence-corrected chi connectivity index (χ3v) is 4.96. The number of hydrogen-bond donors (Lipinski definition) is 2. The lowest BCUT2D eigenvalue weighted by molar-refractivity contribution is -0.138. The van der Waals surface area contributed by atoms with E-state index in [9.17, 15) is 9.18 Å². The Kier molecular flexibility index (Phi) is 7.68. The van der Waals surface area contributed by atoms with Gasteiger partial charge >= 0.3 is 5.97 Å². The Morgan fingerprint density at radius 3 is 2.68 bits per heavy atom. The molecule has 3 N–H and O–H groups in total. The molecule has 1 aliphatic rings. The van der Waals surface area contributed by atoms with E-state index in [-0.39, 0.29) is 38.7 Å². The van der Waals surface area contributed by atoms with E-state index in [1.54, 1.807) is 36.4 Å². The highest BCUT2D eigenvalue weighted by molar-refractivity contribution is 5.87. The average Bonchev–Trinajstić information content (AvgIpc) is 2.82. The summed E-state index contributed by atoms with van der Waals surface area (Å²) in [6.07, 6.45) is -0.0664. The van der Waals surface area contributed by atoms with E-state index in [2.05, 4.69) is 9.97 Å². The summed E-state index contributed by atoms with van der Waals surface area (Å²) in [5.74, 6) is 0.376. The van der Waals surface area contributed by atoms with Gasteiger partial charge in [0.25, 0.3) is 0 Å². The van der Waals surface area contributed by atoms with Crippen molar-refractivity contribution in [2.45, 2.75) is 18.8 Å². The molecular formula is C23H24FN3O7. The third-order valence-electron chi connectivity index (χ3n) is 4.96. The first kappa shape index (κ1) is 23.6. The van der Waals surface area contributed by atoms with E-state index in [1.807, 2.05) is 0 Å². The lowest BCUT2D eigenvalue weighted by Gasteiger charge is -2.18. The zero-order chi connectivity index (χ0) is 23.9. The molecule has 1 aromatic heterocycles.